The molecule has 5 nitrogen and oxygen atoms in total. The van der Waals surface area contributed by atoms with Gasteiger partial charge < -0.3 is 5.11 Å². The summed E-state index contributed by atoms with van der Waals surface area (Å²) in [7, 11) is -3.41. The largest absolute Gasteiger partial charge is 0.481 e. The highest BCUT2D eigenvalue weighted by Crippen LogP contribution is 2.49. The van der Waals surface area contributed by atoms with Gasteiger partial charge in [-0.2, -0.15) is 8.42 Å². The van der Waals surface area contributed by atoms with Gasteiger partial charge in [0.15, 0.2) is 0 Å². The molecule has 0 aromatic rings. The third-order valence-electron chi connectivity index (χ3n) is 5.44. The van der Waals surface area contributed by atoms with Crippen molar-refractivity contribution in [3.63, 3.8) is 0 Å². The lowest BCUT2D eigenvalue weighted by molar-refractivity contribution is -0.136. The van der Waals surface area contributed by atoms with E-state index in [4.69, 9.17) is 9.29 Å². The summed E-state index contributed by atoms with van der Waals surface area (Å²) in [5.41, 5.74) is 0.360. The highest BCUT2D eigenvalue weighted by atomic mass is 32.2. The number of aliphatic carboxylic acids is 1. The van der Waals surface area contributed by atoms with Crippen LogP contribution < -0.4 is 0 Å². The minimum atomic E-state index is -3.41. The predicted molar refractivity (Wildman–Crippen MR) is 99.9 cm³/mol. The van der Waals surface area contributed by atoms with Crippen molar-refractivity contribution in [3.8, 4) is 0 Å². The van der Waals surface area contributed by atoms with Crippen LogP contribution in [0.25, 0.3) is 0 Å². The molecule has 1 aliphatic carbocycles. The molecule has 0 bridgehead atoms. The summed E-state index contributed by atoms with van der Waals surface area (Å²) in [5.74, 6) is -0.0981. The molecule has 0 aromatic heterocycles. The molecule has 0 amide bonds. The first-order valence-corrected chi connectivity index (χ1v) is 11.0. The number of carboxylic acid groups (broad SMARTS) is 1. The van der Waals surface area contributed by atoms with E-state index in [0.29, 0.717) is 17.8 Å². The van der Waals surface area contributed by atoms with Crippen LogP contribution >= 0.6 is 0 Å². The van der Waals surface area contributed by atoms with E-state index in [0.717, 1.165) is 44.8 Å². The second kappa shape index (κ2) is 9.17. The maximum Gasteiger partial charge on any atom is 0.303 e. The highest BCUT2D eigenvalue weighted by molar-refractivity contribution is 7.85. The number of hydrogen-bond acceptors (Lipinski definition) is 4. The molecule has 0 spiro atoms. The average molecular weight is 375 g/mol. The van der Waals surface area contributed by atoms with Crippen LogP contribution in [-0.2, 0) is 19.1 Å². The van der Waals surface area contributed by atoms with Gasteiger partial charge in [-0.15, -0.1) is 0 Å². The Bertz CT molecular complexity index is 549. The first-order chi connectivity index (χ1) is 11.4. The summed E-state index contributed by atoms with van der Waals surface area (Å²) in [6, 6.07) is 0. The number of allylic oxidation sites excluding steroid dienone is 2. The highest BCUT2D eigenvalue weighted by Gasteiger charge is 2.37. The topological polar surface area (TPSA) is 80.7 Å². The number of rotatable bonds is 9. The molecule has 1 N–H and O–H groups in total. The Hall–Kier alpha value is -0.880. The third-order valence-corrected chi connectivity index (χ3v) is 6.04. The predicted octanol–water partition coefficient (Wildman–Crippen LogP) is 4.39. The maximum absolute atomic E-state index is 11.2. The normalized spacial score (nSPS) is 25.4. The standard InChI is InChI=1S/C19H34O5S/c1-18(2,3)16-9-12-19(13-10-16,14-15-24-25(4,22)23)11-7-5-6-8-17(20)21/h5,7,16H,6,8-15H2,1-4H3,(H,20,21)/b7-5-. The van der Waals surface area contributed by atoms with E-state index in [2.05, 4.69) is 26.8 Å². The smallest absolute Gasteiger partial charge is 0.303 e. The maximum atomic E-state index is 11.2. The second-order valence-electron chi connectivity index (χ2n) is 8.52. The fraction of sp³-hybridized carbons (Fsp3) is 0.842. The molecule has 25 heavy (non-hydrogen) atoms. The van der Waals surface area contributed by atoms with Crippen LogP contribution in [0.15, 0.2) is 12.2 Å². The summed E-state index contributed by atoms with van der Waals surface area (Å²) in [6.45, 7) is 7.07. The van der Waals surface area contributed by atoms with E-state index < -0.39 is 16.1 Å². The minimum absolute atomic E-state index is 0.0617. The molecule has 0 aromatic carbocycles. The van der Waals surface area contributed by atoms with Crippen molar-refractivity contribution in [2.24, 2.45) is 16.7 Å². The average Bonchev–Trinajstić information content (AvgIpc) is 2.45. The second-order valence-corrected chi connectivity index (χ2v) is 10.2. The molecular formula is C19H34O5S. The zero-order chi connectivity index (χ0) is 19.1. The van der Waals surface area contributed by atoms with E-state index in [-0.39, 0.29) is 18.4 Å². The van der Waals surface area contributed by atoms with Gasteiger partial charge in [0.05, 0.1) is 12.9 Å². The van der Waals surface area contributed by atoms with Crippen LogP contribution in [0.5, 0.6) is 0 Å². The van der Waals surface area contributed by atoms with Gasteiger partial charge in [0.2, 0.25) is 0 Å². The molecule has 1 fully saturated rings. The Labute approximate surface area is 153 Å². The Balaban J connectivity index is 2.66. The van der Waals surface area contributed by atoms with Crippen LogP contribution in [0, 0.1) is 16.7 Å². The van der Waals surface area contributed by atoms with E-state index >= 15 is 0 Å². The lowest BCUT2D eigenvalue weighted by Gasteiger charge is -2.44. The number of hydrogen-bond donors (Lipinski definition) is 1. The van der Waals surface area contributed by atoms with Crippen molar-refractivity contribution in [1.29, 1.82) is 0 Å². The summed E-state index contributed by atoms with van der Waals surface area (Å²) >= 11 is 0. The quantitative estimate of drug-likeness (QED) is 0.478. The zero-order valence-corrected chi connectivity index (χ0v) is 16.9. The van der Waals surface area contributed by atoms with Crippen LogP contribution in [-0.4, -0.2) is 32.4 Å². The molecule has 146 valence electrons. The van der Waals surface area contributed by atoms with Crippen LogP contribution in [0.1, 0.15) is 72.1 Å². The molecule has 6 heteroatoms. The molecular weight excluding hydrogens is 340 g/mol. The van der Waals surface area contributed by atoms with Crippen LogP contribution in [0.4, 0.5) is 0 Å². The molecule has 1 rings (SSSR count). The van der Waals surface area contributed by atoms with Crippen molar-refractivity contribution >= 4 is 16.1 Å². The van der Waals surface area contributed by atoms with Gasteiger partial charge in [0.1, 0.15) is 0 Å². The summed E-state index contributed by atoms with van der Waals surface area (Å²) in [6.07, 6.45) is 11.8. The Kier molecular flexibility index (Phi) is 8.13. The van der Waals surface area contributed by atoms with E-state index in [1.54, 1.807) is 0 Å². The Morgan fingerprint density at radius 1 is 1.24 bits per heavy atom. The molecule has 0 aliphatic heterocycles. The lowest BCUT2D eigenvalue weighted by atomic mass is 9.62. The van der Waals surface area contributed by atoms with Gasteiger partial charge in [0, 0.05) is 6.42 Å². The first kappa shape index (κ1) is 22.2. The zero-order valence-electron chi connectivity index (χ0n) is 16.1. The molecule has 0 heterocycles. The Morgan fingerprint density at radius 3 is 2.32 bits per heavy atom. The van der Waals surface area contributed by atoms with Crippen molar-refractivity contribution in [2.75, 3.05) is 12.9 Å². The monoisotopic (exact) mass is 374 g/mol. The van der Waals surface area contributed by atoms with Gasteiger partial charge >= 0.3 is 5.97 Å². The molecule has 0 saturated heterocycles. The molecule has 1 saturated carbocycles. The van der Waals surface area contributed by atoms with Gasteiger partial charge in [-0.3, -0.25) is 8.98 Å². The van der Waals surface area contributed by atoms with Crippen molar-refractivity contribution in [1.82, 2.24) is 0 Å². The van der Waals surface area contributed by atoms with Gasteiger partial charge in [-0.05, 0) is 61.7 Å². The Morgan fingerprint density at radius 2 is 1.84 bits per heavy atom. The minimum Gasteiger partial charge on any atom is -0.481 e. The summed E-state index contributed by atoms with van der Waals surface area (Å²) < 4.78 is 27.4. The van der Waals surface area contributed by atoms with E-state index in [1.165, 1.54) is 0 Å². The number of carbonyl (C=O) groups is 1. The van der Waals surface area contributed by atoms with Crippen molar-refractivity contribution < 1.29 is 22.5 Å². The SMILES string of the molecule is CC(C)(C)C1CCC(C/C=C\CCC(=O)O)(CCOS(C)(=O)=O)CC1. The van der Waals surface area contributed by atoms with E-state index in [1.807, 2.05) is 6.08 Å². The van der Waals surface area contributed by atoms with Gasteiger partial charge in [-0.1, -0.05) is 32.9 Å². The van der Waals surface area contributed by atoms with Gasteiger partial charge in [0.25, 0.3) is 10.1 Å². The van der Waals surface area contributed by atoms with Crippen molar-refractivity contribution in [3.05, 3.63) is 12.2 Å². The molecule has 0 unspecified atom stereocenters. The molecule has 1 aliphatic rings. The lowest BCUT2D eigenvalue weighted by Crippen LogP contribution is -2.33. The number of carboxylic acids is 1. The van der Waals surface area contributed by atoms with E-state index in [9.17, 15) is 13.2 Å². The van der Waals surface area contributed by atoms with Crippen LogP contribution in [0.2, 0.25) is 0 Å². The first-order valence-electron chi connectivity index (χ1n) is 9.15. The van der Waals surface area contributed by atoms with Crippen LogP contribution in [0.3, 0.4) is 0 Å². The molecule has 0 radical (unpaired) electrons. The fourth-order valence-corrected chi connectivity index (χ4v) is 4.11. The summed E-state index contributed by atoms with van der Waals surface area (Å²) in [4.78, 5) is 10.6. The third kappa shape index (κ3) is 8.86. The van der Waals surface area contributed by atoms with Crippen molar-refractivity contribution in [2.45, 2.75) is 72.1 Å². The summed E-state index contributed by atoms with van der Waals surface area (Å²) in [5, 5.41) is 8.70. The van der Waals surface area contributed by atoms with Gasteiger partial charge in [-0.25, -0.2) is 0 Å². The fourth-order valence-electron chi connectivity index (χ4n) is 3.72. The molecule has 0 atom stereocenters.